The fourth-order valence-corrected chi connectivity index (χ4v) is 6.03. The fraction of sp³-hybridized carbons (Fsp3) is 0.0417. The van der Waals surface area contributed by atoms with Crippen molar-refractivity contribution in [1.29, 1.82) is 5.26 Å². The molecule has 1 aliphatic rings. The van der Waals surface area contributed by atoms with Crippen molar-refractivity contribution in [2.75, 3.05) is 4.90 Å². The fourth-order valence-electron chi connectivity index (χ4n) is 3.15. The van der Waals surface area contributed by atoms with Crippen LogP contribution in [-0.4, -0.2) is 11.1 Å². The third-order valence-corrected chi connectivity index (χ3v) is 6.94. The minimum atomic E-state index is -0.360. The standard InChI is InChI=1S/C24H14I2N2O3S/c25-18-10-17(11-21-23(29)28(24(30)32-21)19-8-2-1-3-9-19)22(20(26)12-18)31-14-16-7-5-4-6-15(16)13-27/h1-12H,14H2/b21-11+. The molecule has 3 aromatic carbocycles. The largest absolute Gasteiger partial charge is 0.487 e. The maximum absolute atomic E-state index is 13.0. The molecule has 0 unspecified atom stereocenters. The number of hydrogen-bond donors (Lipinski definition) is 0. The first-order valence-electron chi connectivity index (χ1n) is 9.41. The van der Waals surface area contributed by atoms with Gasteiger partial charge in [0.1, 0.15) is 12.4 Å². The summed E-state index contributed by atoms with van der Waals surface area (Å²) in [6.45, 7) is 0.215. The second-order valence-electron chi connectivity index (χ2n) is 6.72. The molecular weight excluding hydrogens is 650 g/mol. The third kappa shape index (κ3) is 4.84. The van der Waals surface area contributed by atoms with Crippen LogP contribution in [0.2, 0.25) is 0 Å². The van der Waals surface area contributed by atoms with E-state index in [9.17, 15) is 14.9 Å². The van der Waals surface area contributed by atoms with Crippen molar-refractivity contribution in [2.24, 2.45) is 0 Å². The lowest BCUT2D eigenvalue weighted by Crippen LogP contribution is -2.27. The Morgan fingerprint density at radius 2 is 1.75 bits per heavy atom. The van der Waals surface area contributed by atoms with Gasteiger partial charge in [-0.05, 0) is 93.4 Å². The van der Waals surface area contributed by atoms with Crippen LogP contribution >= 0.6 is 56.9 Å². The monoisotopic (exact) mass is 664 g/mol. The molecular formula is C24H14I2N2O3S. The normalized spacial score (nSPS) is 14.7. The molecule has 8 heteroatoms. The quantitative estimate of drug-likeness (QED) is 0.228. The lowest BCUT2D eigenvalue weighted by molar-refractivity contribution is -0.113. The molecule has 2 amide bonds. The maximum Gasteiger partial charge on any atom is 0.298 e. The third-order valence-electron chi connectivity index (χ3n) is 4.64. The Morgan fingerprint density at radius 1 is 1.03 bits per heavy atom. The van der Waals surface area contributed by atoms with Crippen LogP contribution in [0.1, 0.15) is 16.7 Å². The maximum atomic E-state index is 13.0. The molecule has 0 spiro atoms. The van der Waals surface area contributed by atoms with E-state index in [1.54, 1.807) is 36.4 Å². The summed E-state index contributed by atoms with van der Waals surface area (Å²) >= 11 is 5.30. The average molecular weight is 664 g/mol. The molecule has 0 saturated carbocycles. The zero-order chi connectivity index (χ0) is 22.7. The highest BCUT2D eigenvalue weighted by atomic mass is 127. The van der Waals surface area contributed by atoms with E-state index >= 15 is 0 Å². The number of carbonyl (C=O) groups is 2. The van der Waals surface area contributed by atoms with Gasteiger partial charge in [0.05, 0.1) is 25.8 Å². The SMILES string of the molecule is N#Cc1ccccc1COc1c(I)cc(I)cc1/C=C1/SC(=O)N(c2ccccc2)C1=O. The van der Waals surface area contributed by atoms with Crippen LogP contribution < -0.4 is 9.64 Å². The summed E-state index contributed by atoms with van der Waals surface area (Å²) in [5.74, 6) is 0.242. The molecule has 1 heterocycles. The topological polar surface area (TPSA) is 70.4 Å². The van der Waals surface area contributed by atoms with Gasteiger partial charge in [0.25, 0.3) is 11.1 Å². The molecule has 0 atom stereocenters. The highest BCUT2D eigenvalue weighted by molar-refractivity contribution is 14.1. The van der Waals surface area contributed by atoms with Gasteiger partial charge < -0.3 is 4.74 Å². The van der Waals surface area contributed by atoms with E-state index in [1.807, 2.05) is 36.4 Å². The van der Waals surface area contributed by atoms with E-state index in [4.69, 9.17) is 4.74 Å². The van der Waals surface area contributed by atoms with Crippen molar-refractivity contribution in [3.8, 4) is 11.8 Å². The molecule has 158 valence electrons. The molecule has 32 heavy (non-hydrogen) atoms. The van der Waals surface area contributed by atoms with E-state index in [1.165, 1.54) is 4.90 Å². The molecule has 1 aliphatic heterocycles. The Bertz CT molecular complexity index is 1290. The molecule has 1 saturated heterocycles. The van der Waals surface area contributed by atoms with Crippen LogP contribution in [0.25, 0.3) is 6.08 Å². The highest BCUT2D eigenvalue weighted by Gasteiger charge is 2.36. The molecule has 0 N–H and O–H groups in total. The van der Waals surface area contributed by atoms with Crippen LogP contribution in [0.4, 0.5) is 10.5 Å². The Morgan fingerprint density at radius 3 is 2.50 bits per heavy atom. The van der Waals surface area contributed by atoms with Crippen LogP contribution in [0.3, 0.4) is 0 Å². The van der Waals surface area contributed by atoms with Crippen LogP contribution in [0.15, 0.2) is 71.6 Å². The Kier molecular flexibility index (Phi) is 7.17. The number of nitrogens with zero attached hydrogens (tertiary/aromatic N) is 2. The van der Waals surface area contributed by atoms with E-state index in [0.29, 0.717) is 27.5 Å². The number of halogens is 2. The van der Waals surface area contributed by atoms with Gasteiger partial charge in [-0.3, -0.25) is 9.59 Å². The number of anilines is 1. The second kappa shape index (κ2) is 10.1. The first-order chi connectivity index (χ1) is 15.5. The average Bonchev–Trinajstić information content (AvgIpc) is 3.06. The number of thioether (sulfide) groups is 1. The summed E-state index contributed by atoms with van der Waals surface area (Å²) in [5, 5.41) is 8.99. The lowest BCUT2D eigenvalue weighted by Gasteiger charge is -2.14. The van der Waals surface area contributed by atoms with Gasteiger partial charge in [-0.1, -0.05) is 36.4 Å². The molecule has 4 rings (SSSR count). The van der Waals surface area contributed by atoms with Gasteiger partial charge in [0.2, 0.25) is 0 Å². The molecule has 0 bridgehead atoms. The van der Waals surface area contributed by atoms with Gasteiger partial charge in [0.15, 0.2) is 0 Å². The Balaban J connectivity index is 1.67. The van der Waals surface area contributed by atoms with E-state index in [-0.39, 0.29) is 17.8 Å². The number of para-hydroxylation sites is 1. The van der Waals surface area contributed by atoms with Crippen LogP contribution in [0.5, 0.6) is 5.75 Å². The number of hydrogen-bond acceptors (Lipinski definition) is 5. The van der Waals surface area contributed by atoms with Gasteiger partial charge in [0, 0.05) is 14.7 Å². The number of benzene rings is 3. The molecule has 5 nitrogen and oxygen atoms in total. The molecule has 3 aromatic rings. The summed E-state index contributed by atoms with van der Waals surface area (Å²) in [5.41, 5.74) is 2.58. The smallest absolute Gasteiger partial charge is 0.298 e. The summed E-state index contributed by atoms with van der Waals surface area (Å²) in [4.78, 5) is 27.1. The predicted octanol–water partition coefficient (Wildman–Crippen LogP) is 6.59. The van der Waals surface area contributed by atoms with Crippen molar-refractivity contribution in [3.05, 3.63) is 95.5 Å². The first-order valence-corrected chi connectivity index (χ1v) is 12.4. The lowest BCUT2D eigenvalue weighted by atomic mass is 10.1. The summed E-state index contributed by atoms with van der Waals surface area (Å²) in [6.07, 6.45) is 1.70. The zero-order valence-corrected chi connectivity index (χ0v) is 21.6. The second-order valence-corrected chi connectivity index (χ2v) is 10.1. The Hall–Kier alpha value is -2.36. The van der Waals surface area contributed by atoms with Crippen molar-refractivity contribution < 1.29 is 14.3 Å². The number of rotatable bonds is 5. The van der Waals surface area contributed by atoms with Crippen molar-refractivity contribution in [3.63, 3.8) is 0 Å². The summed E-state index contributed by atoms with van der Waals surface area (Å²) in [6, 6.07) is 22.2. The number of carbonyl (C=O) groups excluding carboxylic acids is 2. The van der Waals surface area contributed by atoms with Crippen molar-refractivity contribution in [2.45, 2.75) is 6.61 Å². The van der Waals surface area contributed by atoms with Gasteiger partial charge >= 0.3 is 0 Å². The highest BCUT2D eigenvalue weighted by Crippen LogP contribution is 2.38. The molecule has 0 aromatic heterocycles. The van der Waals surface area contributed by atoms with Gasteiger partial charge in [-0.15, -0.1) is 0 Å². The van der Waals surface area contributed by atoms with E-state index in [0.717, 1.165) is 24.5 Å². The van der Waals surface area contributed by atoms with Crippen molar-refractivity contribution in [1.82, 2.24) is 0 Å². The van der Waals surface area contributed by atoms with Crippen molar-refractivity contribution >= 4 is 79.9 Å². The van der Waals surface area contributed by atoms with Crippen LogP contribution in [0, 0.1) is 18.5 Å². The van der Waals surface area contributed by atoms with E-state index < -0.39 is 0 Å². The molecule has 0 aliphatic carbocycles. The summed E-state index contributed by atoms with van der Waals surface area (Å²) in [7, 11) is 0. The minimum Gasteiger partial charge on any atom is -0.487 e. The summed E-state index contributed by atoms with van der Waals surface area (Å²) < 4.78 is 7.96. The van der Waals surface area contributed by atoms with E-state index in [2.05, 4.69) is 51.3 Å². The number of amides is 2. The predicted molar refractivity (Wildman–Crippen MR) is 142 cm³/mol. The minimum absolute atomic E-state index is 0.215. The van der Waals surface area contributed by atoms with Gasteiger partial charge in [-0.2, -0.15) is 5.26 Å². The number of ether oxygens (including phenoxy) is 1. The van der Waals surface area contributed by atoms with Gasteiger partial charge in [-0.25, -0.2) is 4.90 Å². The number of imide groups is 1. The molecule has 1 fully saturated rings. The van der Waals surface area contributed by atoms with Crippen LogP contribution in [-0.2, 0) is 11.4 Å². The Labute approximate surface area is 216 Å². The first kappa shape index (κ1) is 22.8. The molecule has 0 radical (unpaired) electrons. The zero-order valence-electron chi connectivity index (χ0n) is 16.4. The number of nitriles is 1.